The van der Waals surface area contributed by atoms with Crippen LogP contribution in [0.25, 0.3) is 0 Å². The molecule has 0 N–H and O–H groups in total. The summed E-state index contributed by atoms with van der Waals surface area (Å²) in [6.07, 6.45) is 4.48. The number of ketones is 1. The molecule has 0 unspecified atom stereocenters. The molecule has 7 nitrogen and oxygen atoms in total. The number of methoxy groups -OCH3 is 1. The highest BCUT2D eigenvalue weighted by Crippen LogP contribution is 2.40. The first kappa shape index (κ1) is 21.5. The number of fused-ring (bicyclic) bond motifs is 1. The third kappa shape index (κ3) is 3.93. The Hall–Kier alpha value is -3.74. The Morgan fingerprint density at radius 1 is 0.969 bits per heavy atom. The van der Waals surface area contributed by atoms with E-state index >= 15 is 0 Å². The molecule has 4 rings (SSSR count). The Morgan fingerprint density at radius 3 is 2.25 bits per heavy atom. The van der Waals surface area contributed by atoms with Gasteiger partial charge in [0.15, 0.2) is 12.4 Å². The van der Waals surface area contributed by atoms with Crippen LogP contribution in [-0.4, -0.2) is 37.3 Å². The number of carbonyl (C=O) groups is 4. The molecule has 0 spiro atoms. The molecule has 0 saturated carbocycles. The second-order valence-electron chi connectivity index (χ2n) is 7.94. The molecule has 164 valence electrons. The first-order chi connectivity index (χ1) is 15.4. The van der Waals surface area contributed by atoms with Crippen molar-refractivity contribution < 1.29 is 28.7 Å². The van der Waals surface area contributed by atoms with E-state index < -0.39 is 12.6 Å². The van der Waals surface area contributed by atoms with Crippen LogP contribution in [0.5, 0.6) is 5.75 Å². The average Bonchev–Trinajstić information content (AvgIpc) is 3.08. The first-order valence-electron chi connectivity index (χ1n) is 10.4. The molecule has 1 saturated heterocycles. The summed E-state index contributed by atoms with van der Waals surface area (Å²) in [4.78, 5) is 51.4. The van der Waals surface area contributed by atoms with E-state index in [1.807, 2.05) is 19.1 Å². The lowest BCUT2D eigenvalue weighted by molar-refractivity contribution is -0.122. The lowest BCUT2D eigenvalue weighted by Crippen LogP contribution is -2.31. The van der Waals surface area contributed by atoms with E-state index in [2.05, 4.69) is 0 Å². The minimum Gasteiger partial charge on any atom is -0.497 e. The Balaban J connectivity index is 1.40. The van der Waals surface area contributed by atoms with Gasteiger partial charge in [0.2, 0.25) is 11.8 Å². The zero-order chi connectivity index (χ0) is 22.8. The van der Waals surface area contributed by atoms with Crippen LogP contribution in [0.3, 0.4) is 0 Å². The molecule has 1 aliphatic heterocycles. The number of allylic oxidation sites excluding steroid dienone is 2. The van der Waals surface area contributed by atoms with Gasteiger partial charge in [0.05, 0.1) is 30.2 Å². The molecule has 1 aliphatic carbocycles. The molecular formula is C25H23NO6. The van der Waals surface area contributed by atoms with Crippen LogP contribution in [-0.2, 0) is 14.3 Å². The summed E-state index contributed by atoms with van der Waals surface area (Å²) in [5, 5.41) is 0. The van der Waals surface area contributed by atoms with Gasteiger partial charge in [-0.2, -0.15) is 0 Å². The van der Waals surface area contributed by atoms with Crippen LogP contribution in [0.4, 0.5) is 5.69 Å². The molecule has 1 heterocycles. The number of benzene rings is 2. The van der Waals surface area contributed by atoms with E-state index in [-0.39, 0.29) is 40.9 Å². The predicted molar refractivity (Wildman–Crippen MR) is 116 cm³/mol. The van der Waals surface area contributed by atoms with Crippen molar-refractivity contribution in [1.82, 2.24) is 0 Å². The van der Waals surface area contributed by atoms with E-state index in [0.29, 0.717) is 23.4 Å². The van der Waals surface area contributed by atoms with E-state index in [9.17, 15) is 19.2 Å². The summed E-state index contributed by atoms with van der Waals surface area (Å²) in [5.41, 5.74) is 1.06. The van der Waals surface area contributed by atoms with E-state index in [0.717, 1.165) is 0 Å². The van der Waals surface area contributed by atoms with Crippen molar-refractivity contribution in [3.8, 4) is 5.75 Å². The number of hydrogen-bond acceptors (Lipinski definition) is 6. The van der Waals surface area contributed by atoms with Crippen molar-refractivity contribution in [2.75, 3.05) is 18.6 Å². The van der Waals surface area contributed by atoms with Gasteiger partial charge in [-0.3, -0.25) is 19.3 Å². The normalized spacial score (nSPS) is 21.9. The van der Waals surface area contributed by atoms with Gasteiger partial charge in [0, 0.05) is 5.56 Å². The van der Waals surface area contributed by atoms with Gasteiger partial charge in [-0.25, -0.2) is 4.79 Å². The van der Waals surface area contributed by atoms with E-state index in [4.69, 9.17) is 9.47 Å². The zero-order valence-corrected chi connectivity index (χ0v) is 17.8. The van der Waals surface area contributed by atoms with Crippen LogP contribution in [0.15, 0.2) is 60.7 Å². The Morgan fingerprint density at radius 2 is 1.62 bits per heavy atom. The standard InChI is InChI=1S/C25H23NO6/c1-15-4-3-5-20-22(15)24(29)26(23(20)28)18-10-6-17(7-11-18)25(30)32-14-21(27)16-8-12-19(31-2)13-9-16/h3-4,6-13,15,20,22H,5,14H2,1-2H3/t15-,20+,22+/m0/s1. The van der Waals surface area contributed by atoms with Gasteiger partial charge >= 0.3 is 5.97 Å². The van der Waals surface area contributed by atoms with Crippen LogP contribution in [0.2, 0.25) is 0 Å². The monoisotopic (exact) mass is 433 g/mol. The molecule has 0 radical (unpaired) electrons. The van der Waals surface area contributed by atoms with Crippen molar-refractivity contribution in [2.24, 2.45) is 17.8 Å². The van der Waals surface area contributed by atoms with Gasteiger partial charge in [0.25, 0.3) is 0 Å². The topological polar surface area (TPSA) is 90.0 Å². The molecule has 2 aliphatic rings. The highest BCUT2D eigenvalue weighted by molar-refractivity contribution is 6.22. The van der Waals surface area contributed by atoms with Crippen molar-refractivity contribution in [1.29, 1.82) is 0 Å². The first-order valence-corrected chi connectivity index (χ1v) is 10.4. The number of carbonyl (C=O) groups excluding carboxylic acids is 4. The maximum atomic E-state index is 12.9. The Kier molecular flexibility index (Phi) is 5.90. The van der Waals surface area contributed by atoms with Crippen molar-refractivity contribution in [3.63, 3.8) is 0 Å². The molecule has 2 aromatic rings. The van der Waals surface area contributed by atoms with Crippen molar-refractivity contribution in [3.05, 3.63) is 71.8 Å². The van der Waals surface area contributed by atoms with E-state index in [1.165, 1.54) is 24.1 Å². The molecule has 7 heteroatoms. The van der Waals surface area contributed by atoms with Crippen molar-refractivity contribution >= 4 is 29.3 Å². The van der Waals surface area contributed by atoms with Gasteiger partial charge in [0.1, 0.15) is 5.75 Å². The Labute approximate surface area is 185 Å². The van der Waals surface area contributed by atoms with Crippen molar-refractivity contribution in [2.45, 2.75) is 13.3 Å². The summed E-state index contributed by atoms with van der Waals surface area (Å²) in [7, 11) is 1.53. The minimum atomic E-state index is -0.663. The molecule has 32 heavy (non-hydrogen) atoms. The third-order valence-electron chi connectivity index (χ3n) is 5.98. The van der Waals surface area contributed by atoms with Crippen LogP contribution < -0.4 is 9.64 Å². The van der Waals surface area contributed by atoms with Crippen LogP contribution in [0, 0.1) is 17.8 Å². The fourth-order valence-electron chi connectivity index (χ4n) is 4.22. The molecule has 0 bridgehead atoms. The number of esters is 1. The minimum absolute atomic E-state index is 0.00712. The van der Waals surface area contributed by atoms with Gasteiger partial charge in [-0.15, -0.1) is 0 Å². The highest BCUT2D eigenvalue weighted by Gasteiger charge is 2.50. The fraction of sp³-hybridized carbons (Fsp3) is 0.280. The predicted octanol–water partition coefficient (Wildman–Crippen LogP) is 3.44. The number of amides is 2. The second-order valence-corrected chi connectivity index (χ2v) is 7.94. The molecule has 2 aromatic carbocycles. The maximum Gasteiger partial charge on any atom is 0.338 e. The number of Topliss-reactive ketones (excluding diaryl/α,β-unsaturated/α-hetero) is 1. The number of nitrogens with zero attached hydrogens (tertiary/aromatic N) is 1. The summed E-state index contributed by atoms with van der Waals surface area (Å²) >= 11 is 0. The quantitative estimate of drug-likeness (QED) is 0.300. The molecule has 0 aromatic heterocycles. The smallest absolute Gasteiger partial charge is 0.338 e. The summed E-state index contributed by atoms with van der Waals surface area (Å²) in [6.45, 7) is 1.54. The van der Waals surface area contributed by atoms with E-state index in [1.54, 1.807) is 36.4 Å². The summed E-state index contributed by atoms with van der Waals surface area (Å²) < 4.78 is 10.2. The fourth-order valence-corrected chi connectivity index (χ4v) is 4.22. The summed E-state index contributed by atoms with van der Waals surface area (Å²) in [5.74, 6) is -1.47. The lowest BCUT2D eigenvalue weighted by atomic mass is 9.78. The highest BCUT2D eigenvalue weighted by atomic mass is 16.5. The van der Waals surface area contributed by atoms with Gasteiger partial charge in [-0.05, 0) is 60.9 Å². The Bertz CT molecular complexity index is 1090. The third-order valence-corrected chi connectivity index (χ3v) is 5.98. The zero-order valence-electron chi connectivity index (χ0n) is 17.8. The van der Waals surface area contributed by atoms with Crippen LogP contribution >= 0.6 is 0 Å². The number of imide groups is 1. The van der Waals surface area contributed by atoms with Crippen LogP contribution in [0.1, 0.15) is 34.1 Å². The summed E-state index contributed by atoms with van der Waals surface area (Å²) in [6, 6.07) is 12.6. The SMILES string of the molecule is COc1ccc(C(=O)COC(=O)c2ccc(N3C(=O)[C@@H]4[C@@H](C)C=CC[C@H]4C3=O)cc2)cc1. The number of hydrogen-bond donors (Lipinski definition) is 0. The molecular weight excluding hydrogens is 410 g/mol. The molecule has 1 fully saturated rings. The van der Waals surface area contributed by atoms with Gasteiger partial charge < -0.3 is 9.47 Å². The second kappa shape index (κ2) is 8.78. The van der Waals surface area contributed by atoms with Gasteiger partial charge in [-0.1, -0.05) is 19.1 Å². The average molecular weight is 433 g/mol. The maximum absolute atomic E-state index is 12.9. The number of rotatable bonds is 6. The number of ether oxygens (including phenoxy) is 2. The molecule has 3 atom stereocenters. The molecule has 2 amide bonds. The largest absolute Gasteiger partial charge is 0.497 e. The lowest BCUT2D eigenvalue weighted by Gasteiger charge is -2.22. The number of anilines is 1.